The van der Waals surface area contributed by atoms with Crippen LogP contribution in [0.2, 0.25) is 0 Å². The number of amides is 2. The highest BCUT2D eigenvalue weighted by molar-refractivity contribution is 9.10. The largest absolute Gasteiger partial charge is 0.467 e. The van der Waals surface area contributed by atoms with Crippen LogP contribution in [0.15, 0.2) is 28.7 Å². The van der Waals surface area contributed by atoms with Crippen molar-refractivity contribution in [2.75, 3.05) is 26.7 Å². The van der Waals surface area contributed by atoms with Crippen LogP contribution in [-0.2, 0) is 19.1 Å². The molecule has 2 amide bonds. The molecule has 0 fully saturated rings. The number of ether oxygens (including phenoxy) is 1. The molecular weight excluding hydrogens is 418 g/mol. The molecule has 0 saturated carbocycles. The fraction of sp³-hybridized carbons (Fsp3) is 0.444. The number of Topliss-reactive ketones (excluding diaryl/α,β-unsaturated/α-hetero) is 1. The summed E-state index contributed by atoms with van der Waals surface area (Å²) in [6, 6.07) is 6.06. The molecule has 0 radical (unpaired) electrons. The average molecular weight is 442 g/mol. The van der Waals surface area contributed by atoms with Crippen LogP contribution in [-0.4, -0.2) is 56.4 Å². The lowest BCUT2D eigenvalue weighted by Gasteiger charge is -2.19. The average Bonchev–Trinajstić information content (AvgIpc) is 2.63. The highest BCUT2D eigenvalue weighted by Gasteiger charge is 2.24. The number of carbonyl (C=O) groups is 4. The summed E-state index contributed by atoms with van der Waals surface area (Å²) in [6.45, 7) is 3.16. The first-order valence-electron chi connectivity index (χ1n) is 8.38. The molecule has 1 aromatic rings. The van der Waals surface area contributed by atoms with Crippen LogP contribution >= 0.6 is 15.9 Å². The number of halogens is 1. The SMILES string of the molecule is COC(=O)C(NC(=O)CNCC(=O)NCC(=O)c1ccc(Br)cc1)C(C)C. The van der Waals surface area contributed by atoms with E-state index in [0.29, 0.717) is 5.56 Å². The van der Waals surface area contributed by atoms with Crippen LogP contribution in [0.1, 0.15) is 24.2 Å². The summed E-state index contributed by atoms with van der Waals surface area (Å²) in [7, 11) is 1.25. The van der Waals surface area contributed by atoms with E-state index in [-0.39, 0.29) is 31.3 Å². The third-order valence-electron chi connectivity index (χ3n) is 3.62. The summed E-state index contributed by atoms with van der Waals surface area (Å²) < 4.78 is 5.50. The standard InChI is InChI=1S/C18H24BrN3O5/c1-11(2)17(18(26)27-3)22-16(25)10-20-9-15(24)21-8-14(23)12-4-6-13(19)7-5-12/h4-7,11,17,20H,8-10H2,1-3H3,(H,21,24)(H,22,25). The van der Waals surface area contributed by atoms with E-state index < -0.39 is 23.8 Å². The predicted molar refractivity (Wildman–Crippen MR) is 103 cm³/mol. The zero-order valence-corrected chi connectivity index (χ0v) is 17.1. The Hall–Kier alpha value is -2.26. The fourth-order valence-electron chi connectivity index (χ4n) is 2.12. The minimum atomic E-state index is -0.748. The van der Waals surface area contributed by atoms with Gasteiger partial charge in [0.25, 0.3) is 0 Å². The number of hydrogen-bond donors (Lipinski definition) is 3. The number of benzene rings is 1. The van der Waals surface area contributed by atoms with Gasteiger partial charge in [0.2, 0.25) is 11.8 Å². The summed E-state index contributed by atoms with van der Waals surface area (Å²) in [5.41, 5.74) is 0.494. The van der Waals surface area contributed by atoms with Gasteiger partial charge in [-0.15, -0.1) is 0 Å². The van der Waals surface area contributed by atoms with Gasteiger partial charge in [-0.1, -0.05) is 41.9 Å². The van der Waals surface area contributed by atoms with E-state index in [9.17, 15) is 19.2 Å². The first kappa shape index (κ1) is 22.8. The molecule has 0 bridgehead atoms. The number of ketones is 1. The van der Waals surface area contributed by atoms with E-state index in [2.05, 4.69) is 36.6 Å². The van der Waals surface area contributed by atoms with Gasteiger partial charge in [0.1, 0.15) is 6.04 Å². The third-order valence-corrected chi connectivity index (χ3v) is 4.15. The molecule has 0 aliphatic heterocycles. The maximum absolute atomic E-state index is 12.0. The zero-order valence-electron chi connectivity index (χ0n) is 15.5. The highest BCUT2D eigenvalue weighted by Crippen LogP contribution is 2.10. The Morgan fingerprint density at radius 3 is 2.15 bits per heavy atom. The van der Waals surface area contributed by atoms with Crippen LogP contribution in [0.4, 0.5) is 0 Å². The lowest BCUT2D eigenvalue weighted by atomic mass is 10.0. The minimum absolute atomic E-state index is 0.130. The lowest BCUT2D eigenvalue weighted by Crippen LogP contribution is -2.48. The molecule has 0 heterocycles. The molecule has 27 heavy (non-hydrogen) atoms. The number of nitrogens with one attached hydrogen (secondary N) is 3. The molecule has 3 N–H and O–H groups in total. The van der Waals surface area contributed by atoms with Gasteiger partial charge in [0, 0.05) is 10.0 Å². The molecule has 9 heteroatoms. The summed E-state index contributed by atoms with van der Waals surface area (Å²) in [5.74, 6) is -1.72. The number of rotatable bonds is 10. The van der Waals surface area contributed by atoms with Crippen LogP contribution in [0.3, 0.4) is 0 Å². The van der Waals surface area contributed by atoms with E-state index in [4.69, 9.17) is 0 Å². The molecule has 1 unspecified atom stereocenters. The summed E-state index contributed by atoms with van der Waals surface area (Å²) in [4.78, 5) is 47.2. The normalized spacial score (nSPS) is 11.6. The Labute approximate surface area is 166 Å². The van der Waals surface area contributed by atoms with Gasteiger partial charge in [-0.2, -0.15) is 0 Å². The first-order valence-corrected chi connectivity index (χ1v) is 9.17. The maximum atomic E-state index is 12.0. The number of carbonyl (C=O) groups excluding carboxylic acids is 4. The van der Waals surface area contributed by atoms with Gasteiger partial charge in [0.15, 0.2) is 5.78 Å². The quantitative estimate of drug-likeness (QED) is 0.362. The van der Waals surface area contributed by atoms with Gasteiger partial charge in [-0.05, 0) is 18.1 Å². The molecule has 0 aliphatic carbocycles. The Bertz CT molecular complexity index is 676. The molecule has 1 aromatic carbocycles. The van der Waals surface area contributed by atoms with E-state index >= 15 is 0 Å². The van der Waals surface area contributed by atoms with Crippen molar-refractivity contribution in [3.05, 3.63) is 34.3 Å². The summed E-state index contributed by atoms with van der Waals surface area (Å²) in [5, 5.41) is 7.70. The molecule has 8 nitrogen and oxygen atoms in total. The van der Waals surface area contributed by atoms with E-state index in [1.165, 1.54) is 7.11 Å². The van der Waals surface area contributed by atoms with Crippen molar-refractivity contribution in [3.8, 4) is 0 Å². The first-order chi connectivity index (χ1) is 12.7. The smallest absolute Gasteiger partial charge is 0.328 e. The van der Waals surface area contributed by atoms with Crippen molar-refractivity contribution in [2.45, 2.75) is 19.9 Å². The van der Waals surface area contributed by atoms with Gasteiger partial charge in [0.05, 0.1) is 26.7 Å². The van der Waals surface area contributed by atoms with Crippen molar-refractivity contribution in [3.63, 3.8) is 0 Å². The Morgan fingerprint density at radius 1 is 1.00 bits per heavy atom. The van der Waals surface area contributed by atoms with Gasteiger partial charge in [-0.25, -0.2) is 4.79 Å². The monoisotopic (exact) mass is 441 g/mol. The van der Waals surface area contributed by atoms with Gasteiger partial charge >= 0.3 is 5.97 Å². The Morgan fingerprint density at radius 2 is 1.59 bits per heavy atom. The van der Waals surface area contributed by atoms with Crippen LogP contribution < -0.4 is 16.0 Å². The van der Waals surface area contributed by atoms with Crippen molar-refractivity contribution in [1.82, 2.24) is 16.0 Å². The minimum Gasteiger partial charge on any atom is -0.467 e. The van der Waals surface area contributed by atoms with Gasteiger partial charge < -0.3 is 15.4 Å². The van der Waals surface area contributed by atoms with E-state index in [1.54, 1.807) is 38.1 Å². The van der Waals surface area contributed by atoms with Crippen molar-refractivity contribution < 1.29 is 23.9 Å². The molecule has 1 atom stereocenters. The number of esters is 1. The Balaban J connectivity index is 2.31. The van der Waals surface area contributed by atoms with Crippen molar-refractivity contribution in [2.24, 2.45) is 5.92 Å². The Kier molecular flexibility index (Phi) is 9.66. The molecule has 0 saturated heterocycles. The van der Waals surface area contributed by atoms with Gasteiger partial charge in [-0.3, -0.25) is 19.7 Å². The maximum Gasteiger partial charge on any atom is 0.328 e. The highest BCUT2D eigenvalue weighted by atomic mass is 79.9. The molecule has 0 aliphatic rings. The molecular formula is C18H24BrN3O5. The van der Waals surface area contributed by atoms with Crippen LogP contribution in [0, 0.1) is 5.92 Å². The second-order valence-electron chi connectivity index (χ2n) is 6.12. The van der Waals surface area contributed by atoms with Crippen molar-refractivity contribution in [1.29, 1.82) is 0 Å². The predicted octanol–water partition coefficient (Wildman–Crippen LogP) is 0.651. The molecule has 0 aromatic heterocycles. The van der Waals surface area contributed by atoms with Crippen LogP contribution in [0.5, 0.6) is 0 Å². The summed E-state index contributed by atoms with van der Waals surface area (Å²) >= 11 is 3.28. The van der Waals surface area contributed by atoms with E-state index in [0.717, 1.165) is 4.47 Å². The second kappa shape index (κ2) is 11.5. The third kappa shape index (κ3) is 8.31. The number of methoxy groups -OCH3 is 1. The fourth-order valence-corrected chi connectivity index (χ4v) is 2.38. The second-order valence-corrected chi connectivity index (χ2v) is 7.04. The molecule has 0 spiro atoms. The van der Waals surface area contributed by atoms with Crippen molar-refractivity contribution >= 4 is 39.5 Å². The topological polar surface area (TPSA) is 114 Å². The van der Waals surface area contributed by atoms with Crippen LogP contribution in [0.25, 0.3) is 0 Å². The molecule has 148 valence electrons. The zero-order chi connectivity index (χ0) is 20.4. The lowest BCUT2D eigenvalue weighted by molar-refractivity contribution is -0.146. The number of hydrogen-bond acceptors (Lipinski definition) is 6. The molecule has 1 rings (SSSR count). The summed E-state index contributed by atoms with van der Waals surface area (Å²) in [6.07, 6.45) is 0. The van der Waals surface area contributed by atoms with E-state index in [1.807, 2.05) is 0 Å².